The van der Waals surface area contributed by atoms with Crippen molar-refractivity contribution < 1.29 is 9.90 Å². The zero-order valence-electron chi connectivity index (χ0n) is 13.9. The fraction of sp³-hybridized carbons (Fsp3) is 0.526. The van der Waals surface area contributed by atoms with Crippen LogP contribution in [-0.4, -0.2) is 22.5 Å². The Labute approximate surface area is 133 Å². The molecule has 0 aromatic heterocycles. The molecule has 0 radical (unpaired) electrons. The predicted molar refractivity (Wildman–Crippen MR) is 89.5 cm³/mol. The van der Waals surface area contributed by atoms with Crippen LogP contribution in [0.5, 0.6) is 5.75 Å². The van der Waals surface area contributed by atoms with Gasteiger partial charge in [0, 0.05) is 19.5 Å². The highest BCUT2D eigenvalue weighted by molar-refractivity contribution is 5.77. The summed E-state index contributed by atoms with van der Waals surface area (Å²) in [4.78, 5) is 14.2. The second kappa shape index (κ2) is 6.99. The molecule has 2 rings (SSSR count). The van der Waals surface area contributed by atoms with Gasteiger partial charge in [0.1, 0.15) is 5.75 Å². The van der Waals surface area contributed by atoms with Crippen molar-refractivity contribution in [2.45, 2.75) is 53.0 Å². The molecule has 1 aliphatic rings. The number of hydrogen-bond acceptors (Lipinski definition) is 2. The monoisotopic (exact) mass is 301 g/mol. The number of phenolic OH excluding ortho intramolecular Hbond substituents is 1. The van der Waals surface area contributed by atoms with Gasteiger partial charge in [0.2, 0.25) is 5.91 Å². The predicted octanol–water partition coefficient (Wildman–Crippen LogP) is 4.27. The van der Waals surface area contributed by atoms with E-state index in [0.717, 1.165) is 31.4 Å². The Kier molecular flexibility index (Phi) is 5.28. The number of nitrogens with zero attached hydrogens (tertiary/aromatic N) is 1. The molecule has 1 atom stereocenters. The number of likely N-dealkylation sites (tertiary alicyclic amines) is 1. The van der Waals surface area contributed by atoms with Gasteiger partial charge in [-0.15, -0.1) is 0 Å². The van der Waals surface area contributed by atoms with Crippen molar-refractivity contribution in [3.05, 3.63) is 41.5 Å². The number of amides is 1. The third-order valence-electron chi connectivity index (χ3n) is 4.48. The summed E-state index contributed by atoms with van der Waals surface area (Å²) in [7, 11) is 0. The molecule has 1 fully saturated rings. The minimum absolute atomic E-state index is 0.205. The van der Waals surface area contributed by atoms with Gasteiger partial charge in [-0.3, -0.25) is 4.79 Å². The highest BCUT2D eigenvalue weighted by atomic mass is 16.3. The first-order valence-corrected chi connectivity index (χ1v) is 8.07. The molecule has 0 bridgehead atoms. The van der Waals surface area contributed by atoms with Gasteiger partial charge in [0.15, 0.2) is 0 Å². The van der Waals surface area contributed by atoms with Crippen molar-refractivity contribution in [1.29, 1.82) is 0 Å². The van der Waals surface area contributed by atoms with Crippen LogP contribution in [0.2, 0.25) is 0 Å². The molecule has 120 valence electrons. The minimum Gasteiger partial charge on any atom is -0.508 e. The van der Waals surface area contributed by atoms with E-state index in [0.29, 0.717) is 13.0 Å². The lowest BCUT2D eigenvalue weighted by atomic mass is 9.77. The maximum atomic E-state index is 12.2. The molecule has 1 heterocycles. The summed E-state index contributed by atoms with van der Waals surface area (Å²) in [5.41, 5.74) is 2.63. The maximum Gasteiger partial charge on any atom is 0.222 e. The molecule has 1 amide bonds. The molecule has 1 aliphatic heterocycles. The molecule has 3 heteroatoms. The van der Waals surface area contributed by atoms with Gasteiger partial charge < -0.3 is 10.0 Å². The van der Waals surface area contributed by atoms with E-state index in [1.165, 1.54) is 5.57 Å². The van der Waals surface area contributed by atoms with Crippen LogP contribution in [-0.2, 0) is 11.3 Å². The van der Waals surface area contributed by atoms with Crippen molar-refractivity contribution in [3.63, 3.8) is 0 Å². The summed E-state index contributed by atoms with van der Waals surface area (Å²) < 4.78 is 0. The Hall–Kier alpha value is -1.77. The van der Waals surface area contributed by atoms with Crippen LogP contribution >= 0.6 is 0 Å². The Balaban J connectivity index is 1.99. The van der Waals surface area contributed by atoms with Crippen LogP contribution in [0.25, 0.3) is 0 Å². The number of allylic oxidation sites excluding steroid dienone is 2. The standard InChI is InChI=1S/C19H27NO2/c1-15(2)5-4-11-19(3)12-10-18(22)20(14-19)13-16-6-8-17(21)9-7-16/h5-9,21H,4,10-14H2,1-3H3. The first-order chi connectivity index (χ1) is 10.4. The van der Waals surface area contributed by atoms with E-state index in [-0.39, 0.29) is 17.1 Å². The van der Waals surface area contributed by atoms with Gasteiger partial charge in [0.05, 0.1) is 0 Å². The Morgan fingerprint density at radius 3 is 2.64 bits per heavy atom. The lowest BCUT2D eigenvalue weighted by molar-refractivity contribution is -0.138. The molecular formula is C19H27NO2. The molecular weight excluding hydrogens is 274 g/mol. The summed E-state index contributed by atoms with van der Waals surface area (Å²) in [6.45, 7) is 8.01. The number of rotatable bonds is 5. The van der Waals surface area contributed by atoms with Crippen molar-refractivity contribution in [2.24, 2.45) is 5.41 Å². The first kappa shape index (κ1) is 16.6. The van der Waals surface area contributed by atoms with E-state index in [1.807, 2.05) is 17.0 Å². The van der Waals surface area contributed by atoms with E-state index >= 15 is 0 Å². The molecule has 1 aromatic rings. The smallest absolute Gasteiger partial charge is 0.222 e. The van der Waals surface area contributed by atoms with E-state index in [1.54, 1.807) is 12.1 Å². The van der Waals surface area contributed by atoms with Crippen LogP contribution in [0.1, 0.15) is 52.0 Å². The summed E-state index contributed by atoms with van der Waals surface area (Å²) in [6.07, 6.45) is 6.11. The Morgan fingerprint density at radius 1 is 1.32 bits per heavy atom. The third-order valence-corrected chi connectivity index (χ3v) is 4.48. The van der Waals surface area contributed by atoms with Crippen LogP contribution in [0.15, 0.2) is 35.9 Å². The highest BCUT2D eigenvalue weighted by Crippen LogP contribution is 2.35. The quantitative estimate of drug-likeness (QED) is 0.825. The first-order valence-electron chi connectivity index (χ1n) is 8.07. The average molecular weight is 301 g/mol. The third kappa shape index (κ3) is 4.62. The van der Waals surface area contributed by atoms with E-state index in [9.17, 15) is 9.90 Å². The summed E-state index contributed by atoms with van der Waals surface area (Å²) >= 11 is 0. The fourth-order valence-corrected chi connectivity index (χ4v) is 3.07. The highest BCUT2D eigenvalue weighted by Gasteiger charge is 2.34. The van der Waals surface area contributed by atoms with Gasteiger partial charge >= 0.3 is 0 Å². The molecule has 22 heavy (non-hydrogen) atoms. The number of benzene rings is 1. The molecule has 1 unspecified atom stereocenters. The number of phenols is 1. The van der Waals surface area contributed by atoms with Crippen LogP contribution in [0, 0.1) is 5.41 Å². The van der Waals surface area contributed by atoms with Crippen LogP contribution in [0.4, 0.5) is 0 Å². The zero-order valence-corrected chi connectivity index (χ0v) is 13.9. The number of piperidine rings is 1. The molecule has 0 aliphatic carbocycles. The van der Waals surface area contributed by atoms with Crippen molar-refractivity contribution >= 4 is 5.91 Å². The molecule has 0 saturated carbocycles. The number of carbonyl (C=O) groups excluding carboxylic acids is 1. The fourth-order valence-electron chi connectivity index (χ4n) is 3.07. The van der Waals surface area contributed by atoms with Gasteiger partial charge in [0.25, 0.3) is 0 Å². The molecule has 3 nitrogen and oxygen atoms in total. The van der Waals surface area contributed by atoms with E-state index in [4.69, 9.17) is 0 Å². The van der Waals surface area contributed by atoms with Crippen molar-refractivity contribution in [2.75, 3.05) is 6.54 Å². The van der Waals surface area contributed by atoms with Crippen molar-refractivity contribution in [3.8, 4) is 5.75 Å². The second-order valence-corrected chi connectivity index (χ2v) is 7.05. The summed E-state index contributed by atoms with van der Waals surface area (Å²) in [5.74, 6) is 0.507. The average Bonchev–Trinajstić information content (AvgIpc) is 2.45. The molecule has 1 aromatic carbocycles. The van der Waals surface area contributed by atoms with Gasteiger partial charge in [-0.1, -0.05) is 30.7 Å². The van der Waals surface area contributed by atoms with Gasteiger partial charge in [-0.05, 0) is 56.2 Å². The normalized spacial score (nSPS) is 21.8. The van der Waals surface area contributed by atoms with E-state index in [2.05, 4.69) is 26.8 Å². The zero-order chi connectivity index (χ0) is 16.2. The molecule has 1 saturated heterocycles. The Bertz CT molecular complexity index is 543. The maximum absolute atomic E-state index is 12.2. The molecule has 0 spiro atoms. The number of hydrogen-bond donors (Lipinski definition) is 1. The Morgan fingerprint density at radius 2 is 2.00 bits per heavy atom. The van der Waals surface area contributed by atoms with Crippen LogP contribution in [0.3, 0.4) is 0 Å². The topological polar surface area (TPSA) is 40.5 Å². The lowest BCUT2D eigenvalue weighted by Crippen LogP contribution is -2.44. The minimum atomic E-state index is 0.205. The summed E-state index contributed by atoms with van der Waals surface area (Å²) in [5, 5.41) is 9.35. The second-order valence-electron chi connectivity index (χ2n) is 7.05. The van der Waals surface area contributed by atoms with Crippen molar-refractivity contribution in [1.82, 2.24) is 4.90 Å². The van der Waals surface area contributed by atoms with Gasteiger partial charge in [-0.2, -0.15) is 0 Å². The van der Waals surface area contributed by atoms with E-state index < -0.39 is 0 Å². The van der Waals surface area contributed by atoms with Gasteiger partial charge in [-0.25, -0.2) is 0 Å². The summed E-state index contributed by atoms with van der Waals surface area (Å²) in [6, 6.07) is 7.13. The van der Waals surface area contributed by atoms with Crippen LogP contribution < -0.4 is 0 Å². The molecule has 1 N–H and O–H groups in total. The largest absolute Gasteiger partial charge is 0.508 e. The lowest BCUT2D eigenvalue weighted by Gasteiger charge is -2.40. The SMILES string of the molecule is CC(C)=CCCC1(C)CCC(=O)N(Cc2ccc(O)cc2)C1. The number of carbonyl (C=O) groups is 1. The number of aromatic hydroxyl groups is 1.